The molecule has 0 aliphatic rings. The van der Waals surface area contributed by atoms with Crippen LogP contribution in [-0.2, 0) is 0 Å². The van der Waals surface area contributed by atoms with E-state index in [0.29, 0.717) is 24.9 Å². The Morgan fingerprint density at radius 3 is 2.71 bits per heavy atom. The van der Waals surface area contributed by atoms with Gasteiger partial charge in [0.05, 0.1) is 12.1 Å². The molecule has 0 aliphatic heterocycles. The summed E-state index contributed by atoms with van der Waals surface area (Å²) in [5, 5.41) is 3.39. The lowest BCUT2D eigenvalue weighted by Gasteiger charge is -2.34. The number of rotatable bonds is 6. The van der Waals surface area contributed by atoms with Crippen LogP contribution in [0.2, 0.25) is 0 Å². The second-order valence-corrected chi connectivity index (χ2v) is 4.70. The van der Waals surface area contributed by atoms with Crippen LogP contribution in [0.25, 0.3) is 0 Å². The van der Waals surface area contributed by atoms with Crippen LogP contribution in [0.5, 0.6) is 5.88 Å². The van der Waals surface area contributed by atoms with Crippen LogP contribution in [0.3, 0.4) is 0 Å². The van der Waals surface area contributed by atoms with Crippen LogP contribution >= 0.6 is 0 Å². The molecule has 0 saturated heterocycles. The van der Waals surface area contributed by atoms with Crippen molar-refractivity contribution in [2.24, 2.45) is 11.7 Å². The normalized spacial score (nSPS) is 14.5. The molecule has 1 aromatic heterocycles. The van der Waals surface area contributed by atoms with Gasteiger partial charge in [0.1, 0.15) is 5.82 Å². The molecule has 1 aromatic rings. The van der Waals surface area contributed by atoms with Gasteiger partial charge < -0.3 is 15.8 Å². The monoisotopic (exact) mass is 237 g/mol. The lowest BCUT2D eigenvalue weighted by atomic mass is 9.88. The number of ether oxygens (including phenoxy) is 1. The van der Waals surface area contributed by atoms with Crippen LogP contribution in [0.15, 0.2) is 18.2 Å². The molecule has 17 heavy (non-hydrogen) atoms. The highest BCUT2D eigenvalue weighted by Crippen LogP contribution is 2.22. The van der Waals surface area contributed by atoms with E-state index in [0.717, 1.165) is 5.82 Å². The van der Waals surface area contributed by atoms with E-state index >= 15 is 0 Å². The van der Waals surface area contributed by atoms with Crippen LogP contribution < -0.4 is 15.8 Å². The number of nitrogens with zero attached hydrogens (tertiary/aromatic N) is 1. The van der Waals surface area contributed by atoms with Crippen LogP contribution in [0, 0.1) is 5.92 Å². The number of pyridine rings is 1. The summed E-state index contributed by atoms with van der Waals surface area (Å²) in [5.41, 5.74) is 5.68. The van der Waals surface area contributed by atoms with E-state index in [1.165, 1.54) is 0 Å². The number of anilines is 1. The van der Waals surface area contributed by atoms with E-state index in [1.54, 1.807) is 0 Å². The molecule has 0 amide bonds. The number of hydrogen-bond acceptors (Lipinski definition) is 4. The Bertz CT molecular complexity index is 354. The molecule has 0 aliphatic carbocycles. The first kappa shape index (κ1) is 13.8. The molecular formula is C13H23N3O. The maximum Gasteiger partial charge on any atom is 0.215 e. The van der Waals surface area contributed by atoms with Gasteiger partial charge in [0, 0.05) is 12.6 Å². The third kappa shape index (κ3) is 3.60. The summed E-state index contributed by atoms with van der Waals surface area (Å²) in [6.07, 6.45) is 0. The molecule has 0 radical (unpaired) electrons. The zero-order chi connectivity index (χ0) is 12.9. The molecule has 4 heteroatoms. The smallest absolute Gasteiger partial charge is 0.215 e. The van der Waals surface area contributed by atoms with Gasteiger partial charge in [-0.2, -0.15) is 4.98 Å². The van der Waals surface area contributed by atoms with Crippen molar-refractivity contribution in [3.8, 4) is 5.88 Å². The van der Waals surface area contributed by atoms with Crippen molar-refractivity contribution < 1.29 is 4.74 Å². The fraction of sp³-hybridized carbons (Fsp3) is 0.615. The molecular weight excluding hydrogens is 214 g/mol. The Morgan fingerprint density at radius 1 is 1.47 bits per heavy atom. The van der Waals surface area contributed by atoms with Crippen molar-refractivity contribution in [3.05, 3.63) is 18.2 Å². The summed E-state index contributed by atoms with van der Waals surface area (Å²) < 4.78 is 5.37. The highest BCUT2D eigenvalue weighted by atomic mass is 16.5. The third-order valence-corrected chi connectivity index (χ3v) is 3.13. The topological polar surface area (TPSA) is 60.2 Å². The van der Waals surface area contributed by atoms with E-state index in [4.69, 9.17) is 10.5 Å². The predicted molar refractivity (Wildman–Crippen MR) is 71.3 cm³/mol. The summed E-state index contributed by atoms with van der Waals surface area (Å²) >= 11 is 0. The molecule has 3 N–H and O–H groups in total. The van der Waals surface area contributed by atoms with Crippen molar-refractivity contribution in [3.63, 3.8) is 0 Å². The number of nitrogens with one attached hydrogen (secondary N) is 1. The van der Waals surface area contributed by atoms with E-state index in [1.807, 2.05) is 25.1 Å². The van der Waals surface area contributed by atoms with E-state index in [2.05, 4.69) is 31.1 Å². The van der Waals surface area contributed by atoms with E-state index < -0.39 is 0 Å². The number of nitrogens with two attached hydrogens (primary N) is 1. The average Bonchev–Trinajstić information content (AvgIpc) is 2.29. The molecule has 1 rings (SSSR count). The van der Waals surface area contributed by atoms with E-state index in [9.17, 15) is 0 Å². The maximum absolute atomic E-state index is 5.83. The highest BCUT2D eigenvalue weighted by molar-refractivity contribution is 5.40. The summed E-state index contributed by atoms with van der Waals surface area (Å²) in [5.74, 6) is 1.86. The Labute approximate surface area is 104 Å². The zero-order valence-corrected chi connectivity index (χ0v) is 11.2. The van der Waals surface area contributed by atoms with Crippen molar-refractivity contribution in [1.29, 1.82) is 0 Å². The van der Waals surface area contributed by atoms with Gasteiger partial charge in [-0.15, -0.1) is 0 Å². The van der Waals surface area contributed by atoms with Gasteiger partial charge in [0.25, 0.3) is 0 Å². The minimum atomic E-state index is -0.155. The first-order valence-electron chi connectivity index (χ1n) is 6.10. The highest BCUT2D eigenvalue weighted by Gasteiger charge is 2.26. The summed E-state index contributed by atoms with van der Waals surface area (Å²) in [4.78, 5) is 4.39. The Morgan fingerprint density at radius 2 is 2.18 bits per heavy atom. The second-order valence-electron chi connectivity index (χ2n) is 4.70. The minimum Gasteiger partial charge on any atom is -0.478 e. The van der Waals surface area contributed by atoms with Gasteiger partial charge in [-0.05, 0) is 25.8 Å². The van der Waals surface area contributed by atoms with Gasteiger partial charge in [-0.25, -0.2) is 0 Å². The molecule has 0 fully saturated rings. The molecule has 0 saturated carbocycles. The number of aromatic nitrogens is 1. The molecule has 1 heterocycles. The van der Waals surface area contributed by atoms with Crippen molar-refractivity contribution in [2.75, 3.05) is 18.5 Å². The quantitative estimate of drug-likeness (QED) is 0.796. The van der Waals surface area contributed by atoms with Gasteiger partial charge in [-0.1, -0.05) is 19.9 Å². The maximum atomic E-state index is 5.83. The molecule has 0 aromatic carbocycles. The lowest BCUT2D eigenvalue weighted by molar-refractivity contribution is 0.326. The van der Waals surface area contributed by atoms with E-state index in [-0.39, 0.29) is 5.54 Å². The van der Waals surface area contributed by atoms with Gasteiger partial charge >= 0.3 is 0 Å². The van der Waals surface area contributed by atoms with Gasteiger partial charge in [0.2, 0.25) is 5.88 Å². The molecule has 96 valence electrons. The summed E-state index contributed by atoms with van der Waals surface area (Å²) in [7, 11) is 0. The minimum absolute atomic E-state index is 0.155. The van der Waals surface area contributed by atoms with Crippen LogP contribution in [0.4, 0.5) is 5.82 Å². The number of hydrogen-bond donors (Lipinski definition) is 2. The van der Waals surface area contributed by atoms with Crippen molar-refractivity contribution >= 4 is 5.82 Å². The fourth-order valence-corrected chi connectivity index (χ4v) is 1.44. The van der Waals surface area contributed by atoms with Crippen LogP contribution in [-0.4, -0.2) is 23.7 Å². The molecule has 0 spiro atoms. The third-order valence-electron chi connectivity index (χ3n) is 3.13. The molecule has 0 bridgehead atoms. The SMILES string of the molecule is CCOc1cccc(NC(C)(CN)C(C)C)n1. The first-order chi connectivity index (χ1) is 8.01. The standard InChI is InChI=1S/C13H23N3O/c1-5-17-12-8-6-7-11(15-12)16-13(4,9-14)10(2)3/h6-8,10H,5,9,14H2,1-4H3,(H,15,16). The second kappa shape index (κ2) is 5.87. The lowest BCUT2D eigenvalue weighted by Crippen LogP contribution is -2.47. The largest absolute Gasteiger partial charge is 0.478 e. The van der Waals surface area contributed by atoms with Gasteiger partial charge in [0.15, 0.2) is 0 Å². The zero-order valence-electron chi connectivity index (χ0n) is 11.2. The first-order valence-corrected chi connectivity index (χ1v) is 6.10. The van der Waals surface area contributed by atoms with Crippen molar-refractivity contribution in [2.45, 2.75) is 33.2 Å². The Hall–Kier alpha value is -1.29. The Kier molecular flexibility index (Phi) is 4.75. The van der Waals surface area contributed by atoms with Crippen molar-refractivity contribution in [1.82, 2.24) is 4.98 Å². The van der Waals surface area contributed by atoms with Crippen LogP contribution in [0.1, 0.15) is 27.7 Å². The fourth-order valence-electron chi connectivity index (χ4n) is 1.44. The summed E-state index contributed by atoms with van der Waals surface area (Å²) in [6, 6.07) is 5.71. The predicted octanol–water partition coefficient (Wildman–Crippen LogP) is 2.27. The molecule has 4 nitrogen and oxygen atoms in total. The summed E-state index contributed by atoms with van der Waals surface area (Å²) in [6.45, 7) is 9.52. The van der Waals surface area contributed by atoms with Gasteiger partial charge in [-0.3, -0.25) is 0 Å². The molecule has 1 atom stereocenters. The Balaban J connectivity index is 2.83. The molecule has 1 unspecified atom stereocenters. The average molecular weight is 237 g/mol.